The lowest BCUT2D eigenvalue weighted by Gasteiger charge is -2.08. The van der Waals surface area contributed by atoms with Crippen LogP contribution in [0.2, 0.25) is 0 Å². The number of rotatable bonds is 7. The molecular weight excluding hydrogens is 378 g/mol. The van der Waals surface area contributed by atoms with Crippen molar-refractivity contribution in [2.45, 2.75) is 26.5 Å². The molecule has 0 amide bonds. The first kappa shape index (κ1) is 20.9. The second-order valence-corrected chi connectivity index (χ2v) is 6.94. The van der Waals surface area contributed by atoms with Crippen LogP contribution in [0.3, 0.4) is 0 Å². The average molecular weight is 401 g/mol. The molecule has 0 radical (unpaired) electrons. The van der Waals surface area contributed by atoms with E-state index in [1.807, 2.05) is 66.9 Å². The minimum atomic E-state index is -0.658. The first-order valence-corrected chi connectivity index (χ1v) is 9.59. The van der Waals surface area contributed by atoms with Crippen molar-refractivity contribution in [3.8, 4) is 23.1 Å². The number of aromatic nitrogens is 2. The molecule has 0 aliphatic rings. The van der Waals surface area contributed by atoms with Crippen molar-refractivity contribution in [1.82, 2.24) is 9.78 Å². The van der Waals surface area contributed by atoms with Crippen molar-refractivity contribution in [3.05, 3.63) is 77.5 Å². The fraction of sp³-hybridized carbons (Fsp3) is 0.208. The van der Waals surface area contributed by atoms with E-state index in [0.29, 0.717) is 23.6 Å². The molecule has 0 bridgehead atoms. The van der Waals surface area contributed by atoms with E-state index in [0.717, 1.165) is 11.1 Å². The monoisotopic (exact) mass is 401 g/mol. The van der Waals surface area contributed by atoms with Gasteiger partial charge in [0.15, 0.2) is 0 Å². The molecule has 1 aromatic heterocycles. The summed E-state index contributed by atoms with van der Waals surface area (Å²) in [5, 5.41) is 14.2. The first-order chi connectivity index (χ1) is 14.5. The summed E-state index contributed by atoms with van der Waals surface area (Å²) in [5.41, 5.74) is 3.02. The Morgan fingerprint density at radius 1 is 1.17 bits per heavy atom. The summed E-state index contributed by atoms with van der Waals surface area (Å²) < 4.78 is 12.5. The molecule has 6 nitrogen and oxygen atoms in total. The zero-order valence-electron chi connectivity index (χ0n) is 17.2. The van der Waals surface area contributed by atoms with Crippen molar-refractivity contribution in [2.75, 3.05) is 7.11 Å². The van der Waals surface area contributed by atoms with E-state index >= 15 is 0 Å². The lowest BCUT2D eigenvalue weighted by Crippen LogP contribution is -2.12. The minimum Gasteiger partial charge on any atom is -0.496 e. The van der Waals surface area contributed by atoms with Crippen LogP contribution in [0.1, 0.15) is 25.0 Å². The Bertz CT molecular complexity index is 1090. The second kappa shape index (κ2) is 9.57. The SMILES string of the molecule is COc1ccccc1-c1nn(Cc2ccccc2)cc1/C=C(\C#N)C(=O)OC(C)C. The largest absolute Gasteiger partial charge is 0.496 e. The molecule has 0 fully saturated rings. The van der Waals surface area contributed by atoms with Gasteiger partial charge in [-0.05, 0) is 37.6 Å². The maximum Gasteiger partial charge on any atom is 0.349 e. The van der Waals surface area contributed by atoms with Gasteiger partial charge in [-0.25, -0.2) is 4.79 Å². The zero-order chi connectivity index (χ0) is 21.5. The highest BCUT2D eigenvalue weighted by Crippen LogP contribution is 2.32. The highest BCUT2D eigenvalue weighted by molar-refractivity contribution is 5.99. The number of hydrogen-bond donors (Lipinski definition) is 0. The molecule has 0 spiro atoms. The van der Waals surface area contributed by atoms with Gasteiger partial charge in [0.25, 0.3) is 0 Å². The minimum absolute atomic E-state index is 0.0842. The van der Waals surface area contributed by atoms with Gasteiger partial charge < -0.3 is 9.47 Å². The number of carbonyl (C=O) groups excluding carboxylic acids is 1. The molecule has 0 saturated heterocycles. The molecular formula is C24H23N3O3. The van der Waals surface area contributed by atoms with E-state index in [-0.39, 0.29) is 11.7 Å². The van der Waals surface area contributed by atoms with E-state index in [2.05, 4.69) is 0 Å². The van der Waals surface area contributed by atoms with Crippen LogP contribution >= 0.6 is 0 Å². The quantitative estimate of drug-likeness (QED) is 0.332. The topological polar surface area (TPSA) is 77.1 Å². The Labute approximate surface area is 176 Å². The van der Waals surface area contributed by atoms with Gasteiger partial charge in [-0.2, -0.15) is 10.4 Å². The highest BCUT2D eigenvalue weighted by atomic mass is 16.5. The molecule has 0 aliphatic carbocycles. The zero-order valence-corrected chi connectivity index (χ0v) is 17.2. The van der Waals surface area contributed by atoms with E-state index in [4.69, 9.17) is 14.6 Å². The van der Waals surface area contributed by atoms with Crippen molar-refractivity contribution in [2.24, 2.45) is 0 Å². The Kier molecular flexibility index (Phi) is 6.66. The summed E-state index contributed by atoms with van der Waals surface area (Å²) >= 11 is 0. The normalized spacial score (nSPS) is 11.2. The maximum absolute atomic E-state index is 12.3. The van der Waals surface area contributed by atoms with E-state index in [1.54, 1.807) is 25.6 Å². The summed E-state index contributed by atoms with van der Waals surface area (Å²) in [5.74, 6) is -0.00494. The van der Waals surface area contributed by atoms with Gasteiger partial charge in [-0.3, -0.25) is 4.68 Å². The van der Waals surface area contributed by atoms with Gasteiger partial charge in [-0.1, -0.05) is 42.5 Å². The maximum atomic E-state index is 12.3. The van der Waals surface area contributed by atoms with E-state index in [1.165, 1.54) is 6.08 Å². The summed E-state index contributed by atoms with van der Waals surface area (Å²) in [4.78, 5) is 12.3. The number of benzene rings is 2. The molecule has 3 aromatic rings. The van der Waals surface area contributed by atoms with Crippen molar-refractivity contribution < 1.29 is 14.3 Å². The fourth-order valence-corrected chi connectivity index (χ4v) is 3.01. The van der Waals surface area contributed by atoms with Crippen LogP contribution in [0.4, 0.5) is 0 Å². The molecule has 6 heteroatoms. The number of ether oxygens (including phenoxy) is 2. The number of carbonyl (C=O) groups is 1. The number of nitriles is 1. The average Bonchev–Trinajstić information content (AvgIpc) is 3.14. The lowest BCUT2D eigenvalue weighted by atomic mass is 10.1. The van der Waals surface area contributed by atoms with Gasteiger partial charge in [-0.15, -0.1) is 0 Å². The molecule has 0 aliphatic heterocycles. The van der Waals surface area contributed by atoms with Crippen LogP contribution in [0.5, 0.6) is 5.75 Å². The first-order valence-electron chi connectivity index (χ1n) is 9.59. The van der Waals surface area contributed by atoms with E-state index < -0.39 is 5.97 Å². The standard InChI is InChI=1S/C24H23N3O3/c1-17(2)30-24(28)19(14-25)13-20-16-27(15-18-9-5-4-6-10-18)26-23(20)21-11-7-8-12-22(21)29-3/h4-13,16-17H,15H2,1-3H3/b19-13+. The molecule has 30 heavy (non-hydrogen) atoms. The molecule has 0 N–H and O–H groups in total. The number of para-hydroxylation sites is 1. The van der Waals surface area contributed by atoms with Crippen LogP contribution in [0, 0.1) is 11.3 Å². The molecule has 3 rings (SSSR count). The lowest BCUT2D eigenvalue weighted by molar-refractivity contribution is -0.142. The van der Waals surface area contributed by atoms with Gasteiger partial charge in [0, 0.05) is 17.3 Å². The summed E-state index contributed by atoms with van der Waals surface area (Å²) in [7, 11) is 1.59. The third-order valence-corrected chi connectivity index (χ3v) is 4.32. The Balaban J connectivity index is 2.09. The van der Waals surface area contributed by atoms with Crippen LogP contribution in [0.15, 0.2) is 66.4 Å². The number of nitrogens with zero attached hydrogens (tertiary/aromatic N) is 3. The molecule has 1 heterocycles. The predicted octanol–water partition coefficient (Wildman–Crippen LogP) is 4.47. The predicted molar refractivity (Wildman–Crippen MR) is 115 cm³/mol. The molecule has 0 unspecified atom stereocenters. The summed E-state index contributed by atoms with van der Waals surface area (Å²) in [6.45, 7) is 4.03. The van der Waals surface area contributed by atoms with Crippen LogP contribution in [-0.4, -0.2) is 29.0 Å². The fourth-order valence-electron chi connectivity index (χ4n) is 3.01. The van der Waals surface area contributed by atoms with Crippen molar-refractivity contribution >= 4 is 12.0 Å². The third kappa shape index (κ3) is 4.95. The molecule has 152 valence electrons. The molecule has 2 aromatic carbocycles. The molecule has 0 atom stereocenters. The Morgan fingerprint density at radius 2 is 1.87 bits per heavy atom. The van der Waals surface area contributed by atoms with Crippen molar-refractivity contribution in [3.63, 3.8) is 0 Å². The van der Waals surface area contributed by atoms with Gasteiger partial charge in [0.2, 0.25) is 0 Å². The number of hydrogen-bond acceptors (Lipinski definition) is 5. The van der Waals surface area contributed by atoms with Crippen LogP contribution < -0.4 is 4.74 Å². The summed E-state index contributed by atoms with van der Waals surface area (Å²) in [6, 6.07) is 19.4. The van der Waals surface area contributed by atoms with Crippen LogP contribution in [-0.2, 0) is 16.1 Å². The smallest absolute Gasteiger partial charge is 0.349 e. The second-order valence-electron chi connectivity index (χ2n) is 6.94. The highest BCUT2D eigenvalue weighted by Gasteiger charge is 2.18. The number of esters is 1. The molecule has 0 saturated carbocycles. The summed E-state index contributed by atoms with van der Waals surface area (Å²) in [6.07, 6.45) is 3.01. The van der Waals surface area contributed by atoms with Crippen LogP contribution in [0.25, 0.3) is 17.3 Å². The van der Waals surface area contributed by atoms with Gasteiger partial charge >= 0.3 is 5.97 Å². The third-order valence-electron chi connectivity index (χ3n) is 4.32. The van der Waals surface area contributed by atoms with Gasteiger partial charge in [0.05, 0.1) is 19.8 Å². The Morgan fingerprint density at radius 3 is 2.53 bits per heavy atom. The van der Waals surface area contributed by atoms with Gasteiger partial charge in [0.1, 0.15) is 23.1 Å². The Hall–Kier alpha value is -3.85. The number of methoxy groups -OCH3 is 1. The van der Waals surface area contributed by atoms with E-state index in [9.17, 15) is 10.1 Å². The van der Waals surface area contributed by atoms with Crippen molar-refractivity contribution in [1.29, 1.82) is 5.26 Å².